The minimum absolute atomic E-state index is 0.000733. The van der Waals surface area contributed by atoms with Crippen LogP contribution >= 0.6 is 11.3 Å². The molecule has 0 bridgehead atoms. The normalized spacial score (nSPS) is 16.8. The van der Waals surface area contributed by atoms with E-state index in [2.05, 4.69) is 11.8 Å². The number of hydrogen-bond donors (Lipinski definition) is 1. The minimum Gasteiger partial charge on any atom is -0.478 e. The van der Waals surface area contributed by atoms with Crippen LogP contribution in [0.25, 0.3) is 6.08 Å². The largest absolute Gasteiger partial charge is 0.478 e. The Hall–Kier alpha value is -1.66. The first-order chi connectivity index (χ1) is 9.61. The number of carbonyl (C=O) groups is 2. The van der Waals surface area contributed by atoms with Gasteiger partial charge in [-0.15, -0.1) is 11.3 Å². The van der Waals surface area contributed by atoms with Gasteiger partial charge in [-0.2, -0.15) is 0 Å². The lowest BCUT2D eigenvalue weighted by Crippen LogP contribution is -2.48. The first kappa shape index (κ1) is 14.7. The zero-order valence-corrected chi connectivity index (χ0v) is 12.2. The zero-order valence-electron chi connectivity index (χ0n) is 11.4. The quantitative estimate of drug-likeness (QED) is 0.857. The Labute approximate surface area is 122 Å². The molecule has 0 aliphatic carbocycles. The third-order valence-electron chi connectivity index (χ3n) is 3.40. The van der Waals surface area contributed by atoms with Crippen molar-refractivity contribution in [3.05, 3.63) is 28.0 Å². The van der Waals surface area contributed by atoms with Crippen molar-refractivity contribution >= 4 is 29.3 Å². The highest BCUT2D eigenvalue weighted by Crippen LogP contribution is 2.21. The van der Waals surface area contributed by atoms with Crippen LogP contribution in [0.3, 0.4) is 0 Å². The maximum absolute atomic E-state index is 12.5. The van der Waals surface area contributed by atoms with E-state index in [0.717, 1.165) is 38.8 Å². The summed E-state index contributed by atoms with van der Waals surface area (Å²) < 4.78 is 0. The van der Waals surface area contributed by atoms with Crippen LogP contribution in [0, 0.1) is 0 Å². The van der Waals surface area contributed by atoms with Crippen molar-refractivity contribution in [3.8, 4) is 0 Å². The van der Waals surface area contributed by atoms with Gasteiger partial charge in [-0.05, 0) is 29.6 Å². The molecule has 1 fully saturated rings. The van der Waals surface area contributed by atoms with Gasteiger partial charge in [0, 0.05) is 32.3 Å². The molecular formula is C14H18N2O3S. The fourth-order valence-corrected chi connectivity index (χ4v) is 3.05. The lowest BCUT2D eigenvalue weighted by molar-refractivity contribution is -0.131. The van der Waals surface area contributed by atoms with E-state index in [0.29, 0.717) is 10.4 Å². The van der Waals surface area contributed by atoms with Crippen LogP contribution in [0.5, 0.6) is 0 Å². The number of aliphatic carboxylic acids is 1. The van der Waals surface area contributed by atoms with E-state index < -0.39 is 5.97 Å². The molecule has 0 atom stereocenters. The third-order valence-corrected chi connectivity index (χ3v) is 4.32. The predicted molar refractivity (Wildman–Crippen MR) is 79.0 cm³/mol. The smallest absolute Gasteiger partial charge is 0.328 e. The maximum Gasteiger partial charge on any atom is 0.328 e. The first-order valence-corrected chi connectivity index (χ1v) is 7.50. The fraction of sp³-hybridized carbons (Fsp3) is 0.429. The molecule has 1 aliphatic rings. The van der Waals surface area contributed by atoms with Crippen molar-refractivity contribution in [1.29, 1.82) is 0 Å². The van der Waals surface area contributed by atoms with E-state index in [9.17, 15) is 9.59 Å². The van der Waals surface area contributed by atoms with Gasteiger partial charge in [-0.3, -0.25) is 4.79 Å². The second-order valence-electron chi connectivity index (χ2n) is 4.60. The van der Waals surface area contributed by atoms with Gasteiger partial charge >= 0.3 is 5.97 Å². The van der Waals surface area contributed by atoms with E-state index in [1.165, 1.54) is 17.4 Å². The minimum atomic E-state index is -1.01. The summed E-state index contributed by atoms with van der Waals surface area (Å²) in [5, 5.41) is 10.5. The highest BCUT2D eigenvalue weighted by atomic mass is 32.1. The number of piperazine rings is 1. The molecule has 5 nitrogen and oxygen atoms in total. The summed E-state index contributed by atoms with van der Waals surface area (Å²) >= 11 is 1.36. The molecule has 1 aromatic heterocycles. The SMILES string of the molecule is CCN1CCN(C(=O)c2sccc2C=CC(=O)O)CC1. The fourth-order valence-electron chi connectivity index (χ4n) is 2.20. The summed E-state index contributed by atoms with van der Waals surface area (Å²) in [6.07, 6.45) is 2.54. The van der Waals surface area contributed by atoms with E-state index in [4.69, 9.17) is 5.11 Å². The molecule has 1 amide bonds. The monoisotopic (exact) mass is 294 g/mol. The molecule has 108 valence electrons. The van der Waals surface area contributed by atoms with Crippen molar-refractivity contribution < 1.29 is 14.7 Å². The van der Waals surface area contributed by atoms with Crippen molar-refractivity contribution in [1.82, 2.24) is 9.80 Å². The highest BCUT2D eigenvalue weighted by molar-refractivity contribution is 7.12. The second kappa shape index (κ2) is 6.67. The van der Waals surface area contributed by atoms with Crippen LogP contribution in [0.2, 0.25) is 0 Å². The number of carboxylic acids is 1. The molecule has 1 aliphatic heterocycles. The van der Waals surface area contributed by atoms with Crippen LogP contribution in [-0.2, 0) is 4.79 Å². The van der Waals surface area contributed by atoms with Crippen molar-refractivity contribution in [2.45, 2.75) is 6.92 Å². The maximum atomic E-state index is 12.5. The predicted octanol–water partition coefficient (Wildman–Crippen LogP) is 1.62. The average molecular weight is 294 g/mol. The Morgan fingerprint density at radius 1 is 1.35 bits per heavy atom. The molecule has 0 aromatic carbocycles. The molecule has 2 heterocycles. The molecule has 1 aromatic rings. The Morgan fingerprint density at radius 2 is 2.05 bits per heavy atom. The van der Waals surface area contributed by atoms with Gasteiger partial charge in [0.2, 0.25) is 0 Å². The van der Waals surface area contributed by atoms with Crippen molar-refractivity contribution in [2.24, 2.45) is 0 Å². The van der Waals surface area contributed by atoms with Crippen molar-refractivity contribution in [3.63, 3.8) is 0 Å². The molecule has 1 saturated heterocycles. The van der Waals surface area contributed by atoms with Crippen molar-refractivity contribution in [2.75, 3.05) is 32.7 Å². The average Bonchev–Trinajstić information content (AvgIpc) is 2.93. The second-order valence-corrected chi connectivity index (χ2v) is 5.52. The lowest BCUT2D eigenvalue weighted by Gasteiger charge is -2.33. The molecule has 0 radical (unpaired) electrons. The molecule has 0 saturated carbocycles. The Balaban J connectivity index is 2.07. The molecule has 0 spiro atoms. The summed E-state index contributed by atoms with van der Waals surface area (Å²) in [5.41, 5.74) is 0.681. The van der Waals surface area contributed by atoms with Gasteiger partial charge in [0.15, 0.2) is 0 Å². The summed E-state index contributed by atoms with van der Waals surface area (Å²) in [6.45, 7) is 6.38. The van der Waals surface area contributed by atoms with Crippen LogP contribution in [0.1, 0.15) is 22.2 Å². The van der Waals surface area contributed by atoms with Gasteiger partial charge in [-0.1, -0.05) is 6.92 Å². The molecule has 1 N–H and O–H groups in total. The number of rotatable bonds is 4. The van der Waals surface area contributed by atoms with Crippen LogP contribution in [0.4, 0.5) is 0 Å². The number of thiophene rings is 1. The Bertz CT molecular complexity index is 516. The lowest BCUT2D eigenvalue weighted by atomic mass is 10.2. The summed E-state index contributed by atoms with van der Waals surface area (Å²) in [4.78, 5) is 27.8. The molecular weight excluding hydrogens is 276 g/mol. The zero-order chi connectivity index (χ0) is 14.5. The summed E-state index contributed by atoms with van der Waals surface area (Å²) in [6, 6.07) is 1.78. The van der Waals surface area contributed by atoms with E-state index in [1.807, 2.05) is 10.3 Å². The van der Waals surface area contributed by atoms with Gasteiger partial charge in [0.1, 0.15) is 0 Å². The first-order valence-electron chi connectivity index (χ1n) is 6.62. The van der Waals surface area contributed by atoms with Gasteiger partial charge < -0.3 is 14.9 Å². The standard InChI is InChI=1S/C14H18N2O3S/c1-2-15-6-8-16(9-7-15)14(19)13-11(5-10-20-13)3-4-12(17)18/h3-5,10H,2,6-9H2,1H3,(H,17,18). The summed E-state index contributed by atoms with van der Waals surface area (Å²) in [7, 11) is 0. The van der Waals surface area contributed by atoms with E-state index >= 15 is 0 Å². The van der Waals surface area contributed by atoms with E-state index in [1.54, 1.807) is 6.07 Å². The Kier molecular flexibility index (Phi) is 4.92. The number of carbonyl (C=O) groups excluding carboxylic acids is 1. The van der Waals surface area contributed by atoms with Crippen LogP contribution < -0.4 is 0 Å². The molecule has 6 heteroatoms. The molecule has 2 rings (SSSR count). The van der Waals surface area contributed by atoms with E-state index in [-0.39, 0.29) is 5.91 Å². The Morgan fingerprint density at radius 3 is 2.65 bits per heavy atom. The van der Waals surface area contributed by atoms with Gasteiger partial charge in [0.05, 0.1) is 4.88 Å². The summed E-state index contributed by atoms with van der Waals surface area (Å²) in [5.74, 6) is -1.01. The number of likely N-dealkylation sites (N-methyl/N-ethyl adjacent to an activating group) is 1. The van der Waals surface area contributed by atoms with Crippen LogP contribution in [-0.4, -0.2) is 59.5 Å². The number of amides is 1. The highest BCUT2D eigenvalue weighted by Gasteiger charge is 2.23. The van der Waals surface area contributed by atoms with Gasteiger partial charge in [0.25, 0.3) is 5.91 Å². The molecule has 0 unspecified atom stereocenters. The number of carboxylic acid groups (broad SMARTS) is 1. The number of nitrogens with zero attached hydrogens (tertiary/aromatic N) is 2. The molecule has 20 heavy (non-hydrogen) atoms. The number of hydrogen-bond acceptors (Lipinski definition) is 4. The van der Waals surface area contributed by atoms with Crippen LogP contribution in [0.15, 0.2) is 17.5 Å². The third kappa shape index (κ3) is 3.46. The van der Waals surface area contributed by atoms with Gasteiger partial charge in [-0.25, -0.2) is 4.79 Å². The topological polar surface area (TPSA) is 60.9 Å².